The molecule has 2 fully saturated rings. The van der Waals surface area contributed by atoms with Crippen LogP contribution in [0.5, 0.6) is 0 Å². The van der Waals surface area contributed by atoms with Gasteiger partial charge < -0.3 is 0 Å². The lowest BCUT2D eigenvalue weighted by atomic mass is 9.81. The molecule has 0 N–H and O–H groups in total. The number of imide groups is 1. The minimum atomic E-state index is -0.692. The fourth-order valence-electron chi connectivity index (χ4n) is 4.35. The van der Waals surface area contributed by atoms with E-state index in [1.807, 2.05) is 0 Å². The van der Waals surface area contributed by atoms with Crippen LogP contribution < -0.4 is 0 Å². The van der Waals surface area contributed by atoms with Crippen molar-refractivity contribution >= 4 is 40.8 Å². The second-order valence-corrected chi connectivity index (χ2v) is 8.52. The van der Waals surface area contributed by atoms with Gasteiger partial charge in [0, 0.05) is 28.3 Å². The number of Topliss-reactive ketones (excluding diaryl/α,β-unsaturated/α-hetero) is 1. The maximum atomic E-state index is 13.3. The van der Waals surface area contributed by atoms with Crippen molar-refractivity contribution in [2.45, 2.75) is 25.7 Å². The molecule has 10 heteroatoms. The lowest BCUT2D eigenvalue weighted by molar-refractivity contribution is -0.384. The fourth-order valence-corrected chi connectivity index (χ4v) is 4.48. The second-order valence-electron chi connectivity index (χ2n) is 8.08. The van der Waals surface area contributed by atoms with Crippen molar-refractivity contribution in [3.05, 3.63) is 74.8 Å². The van der Waals surface area contributed by atoms with E-state index in [2.05, 4.69) is 0 Å². The number of carbonyl (C=O) groups excluding carboxylic acids is 4. The number of halogens is 1. The summed E-state index contributed by atoms with van der Waals surface area (Å²) in [6, 6.07) is 10.8. The van der Waals surface area contributed by atoms with Crippen LogP contribution in [0.4, 0.5) is 5.69 Å². The van der Waals surface area contributed by atoms with Crippen molar-refractivity contribution in [3.63, 3.8) is 0 Å². The summed E-state index contributed by atoms with van der Waals surface area (Å²) >= 11 is 5.91. The first-order chi connectivity index (χ1) is 15.8. The number of nitro groups is 1. The highest BCUT2D eigenvalue weighted by Gasteiger charge is 2.51. The van der Waals surface area contributed by atoms with Crippen LogP contribution in [0, 0.1) is 22.0 Å². The van der Waals surface area contributed by atoms with E-state index < -0.39 is 46.8 Å². The van der Waals surface area contributed by atoms with E-state index in [1.165, 1.54) is 48.5 Å². The Morgan fingerprint density at radius 1 is 0.939 bits per heavy atom. The molecule has 0 bridgehead atoms. The number of hydrazine groups is 1. The molecule has 0 radical (unpaired) electrons. The van der Waals surface area contributed by atoms with Gasteiger partial charge in [0.25, 0.3) is 23.4 Å². The highest BCUT2D eigenvalue weighted by atomic mass is 35.5. The van der Waals surface area contributed by atoms with Crippen molar-refractivity contribution in [1.29, 1.82) is 0 Å². The molecule has 9 nitrogen and oxygen atoms in total. The van der Waals surface area contributed by atoms with Crippen LogP contribution in [0.3, 0.4) is 0 Å². The van der Waals surface area contributed by atoms with Gasteiger partial charge in [0.15, 0.2) is 5.78 Å². The highest BCUT2D eigenvalue weighted by Crippen LogP contribution is 2.39. The molecular weight excluding hydrogens is 450 g/mol. The van der Waals surface area contributed by atoms with Crippen molar-refractivity contribution in [3.8, 4) is 0 Å². The molecule has 3 amide bonds. The maximum absolute atomic E-state index is 13.3. The van der Waals surface area contributed by atoms with E-state index in [0.717, 1.165) is 22.9 Å². The Hall–Kier alpha value is -3.59. The number of non-ortho nitro benzene ring substituents is 1. The number of ketones is 1. The van der Waals surface area contributed by atoms with Gasteiger partial charge in [-0.05, 0) is 49.2 Å². The zero-order valence-electron chi connectivity index (χ0n) is 17.5. The van der Waals surface area contributed by atoms with E-state index in [9.17, 15) is 29.3 Å². The topological polar surface area (TPSA) is 118 Å². The number of fused-ring (bicyclic) bond motifs is 1. The minimum absolute atomic E-state index is 0.117. The largest absolute Gasteiger partial charge is 0.292 e. The highest BCUT2D eigenvalue weighted by molar-refractivity contribution is 6.30. The molecule has 33 heavy (non-hydrogen) atoms. The van der Waals surface area contributed by atoms with Crippen molar-refractivity contribution in [2.24, 2.45) is 11.8 Å². The summed E-state index contributed by atoms with van der Waals surface area (Å²) in [5, 5.41) is 13.0. The van der Waals surface area contributed by atoms with Crippen LogP contribution in [0.1, 0.15) is 46.4 Å². The first-order valence-corrected chi connectivity index (χ1v) is 10.9. The molecular formula is C23H20ClN3O6. The van der Waals surface area contributed by atoms with Gasteiger partial charge in [-0.3, -0.25) is 29.3 Å². The molecule has 0 aromatic heterocycles. The Morgan fingerprint density at radius 2 is 1.45 bits per heavy atom. The molecule has 2 aliphatic rings. The molecule has 1 saturated heterocycles. The van der Waals surface area contributed by atoms with Gasteiger partial charge in [0.05, 0.1) is 16.8 Å². The standard InChI is InChI=1S/C23H20ClN3O6/c24-16-9-5-15(6-10-16)21(29)25(13-20(28)14-7-11-17(12-8-14)27(32)33)26-22(30)18-3-1-2-4-19(18)23(26)31/h5-12,18-19H,1-4,13H2/t18-,19-/m0/s1. The van der Waals surface area contributed by atoms with Crippen LogP contribution in [0.15, 0.2) is 48.5 Å². The predicted octanol–water partition coefficient (Wildman–Crippen LogP) is 3.66. The Labute approximate surface area is 194 Å². The number of nitro benzene ring substituents is 1. The fraction of sp³-hybridized carbons (Fsp3) is 0.304. The predicted molar refractivity (Wildman–Crippen MR) is 117 cm³/mol. The number of benzene rings is 2. The summed E-state index contributed by atoms with van der Waals surface area (Å²) in [6.07, 6.45) is 2.76. The second kappa shape index (κ2) is 9.11. The van der Waals surface area contributed by atoms with Gasteiger partial charge in [0.2, 0.25) is 0 Å². The van der Waals surface area contributed by atoms with Crippen molar-refractivity contribution in [2.75, 3.05) is 6.54 Å². The van der Waals surface area contributed by atoms with E-state index >= 15 is 0 Å². The molecule has 1 heterocycles. The summed E-state index contributed by atoms with van der Waals surface area (Å²) in [5.41, 5.74) is 0.0898. The third kappa shape index (κ3) is 4.36. The molecule has 0 spiro atoms. The van der Waals surface area contributed by atoms with E-state index in [4.69, 9.17) is 11.6 Å². The lowest BCUT2D eigenvalue weighted by Gasteiger charge is -2.30. The SMILES string of the molecule is O=C(CN(C(=O)c1ccc(Cl)cc1)N1C(=O)[C@H]2CCCC[C@@H]2C1=O)c1ccc([N+](=O)[O-])cc1. The Bertz CT molecular complexity index is 1110. The third-order valence-electron chi connectivity index (χ3n) is 6.08. The quantitative estimate of drug-likeness (QED) is 0.276. The van der Waals surface area contributed by atoms with Gasteiger partial charge in [-0.2, -0.15) is 5.01 Å². The van der Waals surface area contributed by atoms with Crippen LogP contribution >= 0.6 is 11.6 Å². The smallest absolute Gasteiger partial charge is 0.273 e. The van der Waals surface area contributed by atoms with E-state index in [-0.39, 0.29) is 16.8 Å². The number of hydrogen-bond acceptors (Lipinski definition) is 6. The number of amides is 3. The molecule has 1 aliphatic carbocycles. The summed E-state index contributed by atoms with van der Waals surface area (Å²) in [7, 11) is 0. The molecule has 1 saturated carbocycles. The summed E-state index contributed by atoms with van der Waals surface area (Å²) in [4.78, 5) is 62.9. The van der Waals surface area contributed by atoms with Gasteiger partial charge in [-0.1, -0.05) is 24.4 Å². The van der Waals surface area contributed by atoms with Gasteiger partial charge in [0.1, 0.15) is 6.54 Å². The Morgan fingerprint density at radius 3 is 1.97 bits per heavy atom. The molecule has 4 rings (SSSR count). The Kier molecular flexibility index (Phi) is 6.24. The van der Waals surface area contributed by atoms with Gasteiger partial charge in [-0.15, -0.1) is 0 Å². The number of carbonyl (C=O) groups is 4. The first-order valence-electron chi connectivity index (χ1n) is 10.5. The average molecular weight is 470 g/mol. The zero-order chi connectivity index (χ0) is 23.7. The zero-order valence-corrected chi connectivity index (χ0v) is 18.2. The molecule has 2 aromatic rings. The van der Waals surface area contributed by atoms with E-state index in [0.29, 0.717) is 17.9 Å². The lowest BCUT2D eigenvalue weighted by Crippen LogP contribution is -2.52. The molecule has 170 valence electrons. The Balaban J connectivity index is 1.66. The van der Waals surface area contributed by atoms with Crippen molar-refractivity contribution < 1.29 is 24.1 Å². The minimum Gasteiger partial charge on any atom is -0.292 e. The van der Waals surface area contributed by atoms with Crippen LogP contribution in [0.2, 0.25) is 5.02 Å². The summed E-state index contributed by atoms with van der Waals surface area (Å²) in [5.74, 6) is -3.22. The van der Waals surface area contributed by atoms with Gasteiger partial charge >= 0.3 is 0 Å². The number of hydrogen-bond donors (Lipinski definition) is 0. The summed E-state index contributed by atoms with van der Waals surface area (Å²) < 4.78 is 0. The molecule has 2 aromatic carbocycles. The monoisotopic (exact) mass is 469 g/mol. The molecule has 1 aliphatic heterocycles. The summed E-state index contributed by atoms with van der Waals surface area (Å²) in [6.45, 7) is -0.573. The normalized spacial score (nSPS) is 19.8. The molecule has 2 atom stereocenters. The van der Waals surface area contributed by atoms with Crippen molar-refractivity contribution in [1.82, 2.24) is 10.0 Å². The van der Waals surface area contributed by atoms with Crippen LogP contribution in [0.25, 0.3) is 0 Å². The molecule has 0 unspecified atom stereocenters. The van der Waals surface area contributed by atoms with Crippen LogP contribution in [-0.2, 0) is 9.59 Å². The number of nitrogens with zero attached hydrogens (tertiary/aromatic N) is 3. The average Bonchev–Trinajstić information content (AvgIpc) is 3.07. The van der Waals surface area contributed by atoms with Crippen LogP contribution in [-0.4, -0.2) is 45.0 Å². The van der Waals surface area contributed by atoms with Gasteiger partial charge in [-0.25, -0.2) is 5.01 Å². The third-order valence-corrected chi connectivity index (χ3v) is 6.33. The maximum Gasteiger partial charge on any atom is 0.273 e. The van der Waals surface area contributed by atoms with E-state index in [1.54, 1.807) is 0 Å². The first kappa shape index (κ1) is 22.6. The number of rotatable bonds is 6.